The minimum absolute atomic E-state index is 0.00524. The molecule has 3 aromatic rings. The number of thiazole rings is 1. The first-order valence-electron chi connectivity index (χ1n) is 9.67. The van der Waals surface area contributed by atoms with Crippen molar-refractivity contribution in [3.63, 3.8) is 0 Å². The third-order valence-electron chi connectivity index (χ3n) is 4.22. The molecule has 0 aliphatic heterocycles. The Balaban J connectivity index is 1.58. The van der Waals surface area contributed by atoms with E-state index in [4.69, 9.17) is 4.74 Å². The molecule has 0 radical (unpaired) electrons. The summed E-state index contributed by atoms with van der Waals surface area (Å²) in [5, 5.41) is 12.9. The number of benzene rings is 2. The number of hydrogen-bond donors (Lipinski definition) is 4. The number of nitrogens with zero attached hydrogens (tertiary/aromatic N) is 1. The number of rotatable bonds is 7. The molecule has 2 aromatic carbocycles. The van der Waals surface area contributed by atoms with Crippen LogP contribution in [0.15, 0.2) is 47.8 Å². The van der Waals surface area contributed by atoms with Crippen LogP contribution in [0.25, 0.3) is 0 Å². The second-order valence-corrected chi connectivity index (χ2v) is 7.77. The first kappa shape index (κ1) is 22.8. The van der Waals surface area contributed by atoms with Gasteiger partial charge < -0.3 is 20.7 Å². The Hall–Kier alpha value is -3.92. The quantitative estimate of drug-likeness (QED) is 0.426. The molecular formula is C22H23N5O4S. The summed E-state index contributed by atoms with van der Waals surface area (Å²) in [6, 6.07) is 11.9. The van der Waals surface area contributed by atoms with Crippen LogP contribution < -0.4 is 26.0 Å². The number of urea groups is 1. The van der Waals surface area contributed by atoms with E-state index >= 15 is 0 Å². The van der Waals surface area contributed by atoms with Crippen LogP contribution in [0.5, 0.6) is 5.75 Å². The molecule has 3 rings (SSSR count). The zero-order valence-corrected chi connectivity index (χ0v) is 18.6. The van der Waals surface area contributed by atoms with Gasteiger partial charge in [0.2, 0.25) is 11.8 Å². The van der Waals surface area contributed by atoms with Gasteiger partial charge in [0, 0.05) is 23.7 Å². The molecule has 32 heavy (non-hydrogen) atoms. The number of aromatic nitrogens is 1. The predicted octanol–water partition coefficient (Wildman–Crippen LogP) is 4.24. The number of hydrogen-bond acceptors (Lipinski definition) is 6. The van der Waals surface area contributed by atoms with Crippen LogP contribution in [-0.2, 0) is 16.0 Å². The van der Waals surface area contributed by atoms with Crippen LogP contribution in [0.4, 0.5) is 27.0 Å². The number of aryl methyl sites for hydroxylation is 1. The number of methoxy groups -OCH3 is 1. The van der Waals surface area contributed by atoms with E-state index < -0.39 is 6.03 Å². The number of amides is 4. The van der Waals surface area contributed by atoms with Gasteiger partial charge in [0.05, 0.1) is 24.9 Å². The molecular weight excluding hydrogens is 430 g/mol. The minimum Gasteiger partial charge on any atom is -0.495 e. The van der Waals surface area contributed by atoms with E-state index in [0.717, 1.165) is 5.56 Å². The number of ether oxygens (including phenoxy) is 1. The van der Waals surface area contributed by atoms with E-state index in [-0.39, 0.29) is 18.2 Å². The zero-order valence-electron chi connectivity index (χ0n) is 17.8. The lowest BCUT2D eigenvalue weighted by Gasteiger charge is -2.12. The van der Waals surface area contributed by atoms with E-state index in [1.807, 2.05) is 31.2 Å². The molecule has 0 fully saturated rings. The Morgan fingerprint density at radius 1 is 0.969 bits per heavy atom. The van der Waals surface area contributed by atoms with Gasteiger partial charge in [0.25, 0.3) is 0 Å². The van der Waals surface area contributed by atoms with Gasteiger partial charge >= 0.3 is 6.03 Å². The van der Waals surface area contributed by atoms with Crippen molar-refractivity contribution < 1.29 is 19.1 Å². The van der Waals surface area contributed by atoms with Gasteiger partial charge in [-0.3, -0.25) is 14.9 Å². The van der Waals surface area contributed by atoms with Crippen molar-refractivity contribution >= 4 is 51.4 Å². The van der Waals surface area contributed by atoms with Gasteiger partial charge in [0.1, 0.15) is 5.75 Å². The molecule has 0 saturated heterocycles. The van der Waals surface area contributed by atoms with E-state index in [9.17, 15) is 14.4 Å². The number of nitrogens with one attached hydrogen (secondary N) is 4. The molecule has 0 unspecified atom stereocenters. The van der Waals surface area contributed by atoms with Crippen molar-refractivity contribution in [1.82, 2.24) is 4.98 Å². The topological polar surface area (TPSA) is 121 Å². The van der Waals surface area contributed by atoms with Gasteiger partial charge in [-0.05, 0) is 37.3 Å². The molecule has 166 valence electrons. The minimum atomic E-state index is -0.418. The van der Waals surface area contributed by atoms with Crippen molar-refractivity contribution in [1.29, 1.82) is 0 Å². The molecule has 1 aromatic heterocycles. The maximum atomic E-state index is 12.5. The largest absolute Gasteiger partial charge is 0.495 e. The third kappa shape index (κ3) is 6.54. The zero-order chi connectivity index (χ0) is 23.1. The number of carbonyl (C=O) groups is 3. The maximum Gasteiger partial charge on any atom is 0.325 e. The highest BCUT2D eigenvalue weighted by Gasteiger charge is 2.13. The summed E-state index contributed by atoms with van der Waals surface area (Å²) in [5.41, 5.74) is 3.23. The van der Waals surface area contributed by atoms with E-state index in [1.165, 1.54) is 25.4 Å². The highest BCUT2D eigenvalue weighted by Crippen LogP contribution is 2.28. The van der Waals surface area contributed by atoms with Crippen molar-refractivity contribution in [3.05, 3.63) is 59.1 Å². The maximum absolute atomic E-state index is 12.5. The SMILES string of the molecule is COc1ccc(NC(C)=O)cc1NC(=O)Cc1csc(NC(=O)Nc2ccc(C)cc2)n1. The summed E-state index contributed by atoms with van der Waals surface area (Å²) in [6.45, 7) is 3.37. The third-order valence-corrected chi connectivity index (χ3v) is 5.02. The Morgan fingerprint density at radius 2 is 1.69 bits per heavy atom. The van der Waals surface area contributed by atoms with Crippen LogP contribution in [0, 0.1) is 6.92 Å². The number of anilines is 4. The lowest BCUT2D eigenvalue weighted by Crippen LogP contribution is -2.19. The van der Waals surface area contributed by atoms with Crippen molar-refractivity contribution in [2.75, 3.05) is 28.4 Å². The van der Waals surface area contributed by atoms with E-state index in [2.05, 4.69) is 26.3 Å². The van der Waals surface area contributed by atoms with Gasteiger partial charge in [-0.15, -0.1) is 11.3 Å². The first-order valence-corrected chi connectivity index (χ1v) is 10.5. The fraction of sp³-hybridized carbons (Fsp3) is 0.182. The molecule has 9 nitrogen and oxygen atoms in total. The summed E-state index contributed by atoms with van der Waals surface area (Å²) >= 11 is 1.22. The Labute approximate surface area is 189 Å². The van der Waals surface area contributed by atoms with Crippen molar-refractivity contribution in [2.45, 2.75) is 20.3 Å². The standard InChI is InChI=1S/C22H23N5O4S/c1-13-4-6-15(7-5-13)24-21(30)27-22-25-17(12-32-22)11-20(29)26-18-10-16(23-14(2)28)8-9-19(18)31-3/h4-10,12H,11H2,1-3H3,(H,23,28)(H,26,29)(H2,24,25,27,30). The van der Waals surface area contributed by atoms with Gasteiger partial charge in [-0.1, -0.05) is 17.7 Å². The Bertz CT molecular complexity index is 1130. The lowest BCUT2D eigenvalue weighted by molar-refractivity contribution is -0.116. The molecule has 4 amide bonds. The molecule has 0 aliphatic carbocycles. The van der Waals surface area contributed by atoms with E-state index in [0.29, 0.717) is 33.6 Å². The number of carbonyl (C=O) groups excluding carboxylic acids is 3. The molecule has 0 aliphatic rings. The highest BCUT2D eigenvalue weighted by atomic mass is 32.1. The molecule has 0 spiro atoms. The van der Waals surface area contributed by atoms with Crippen molar-refractivity contribution in [3.8, 4) is 5.75 Å². The van der Waals surface area contributed by atoms with Crippen LogP contribution >= 0.6 is 11.3 Å². The summed E-state index contributed by atoms with van der Waals surface area (Å²) in [7, 11) is 1.49. The predicted molar refractivity (Wildman–Crippen MR) is 126 cm³/mol. The summed E-state index contributed by atoms with van der Waals surface area (Å²) in [6.07, 6.45) is 0.00524. The highest BCUT2D eigenvalue weighted by molar-refractivity contribution is 7.14. The molecule has 1 heterocycles. The first-order chi connectivity index (χ1) is 15.3. The Kier molecular flexibility index (Phi) is 7.40. The average molecular weight is 454 g/mol. The van der Waals surface area contributed by atoms with Crippen LogP contribution in [0.3, 0.4) is 0 Å². The second-order valence-electron chi connectivity index (χ2n) is 6.91. The van der Waals surface area contributed by atoms with Crippen LogP contribution in [-0.4, -0.2) is 29.9 Å². The monoisotopic (exact) mass is 453 g/mol. The summed E-state index contributed by atoms with van der Waals surface area (Å²) in [5.74, 6) is -0.0774. The van der Waals surface area contributed by atoms with Gasteiger partial charge in [-0.2, -0.15) is 0 Å². The summed E-state index contributed by atoms with van der Waals surface area (Å²) in [4.78, 5) is 40.2. The average Bonchev–Trinajstić information content (AvgIpc) is 3.15. The normalized spacial score (nSPS) is 10.2. The molecule has 0 saturated carbocycles. The summed E-state index contributed by atoms with van der Waals surface area (Å²) < 4.78 is 5.26. The molecule has 10 heteroatoms. The fourth-order valence-corrected chi connectivity index (χ4v) is 3.49. The van der Waals surface area contributed by atoms with Crippen molar-refractivity contribution in [2.24, 2.45) is 0 Å². The molecule has 4 N–H and O–H groups in total. The smallest absolute Gasteiger partial charge is 0.325 e. The fourth-order valence-electron chi connectivity index (χ4n) is 2.79. The molecule has 0 atom stereocenters. The molecule has 0 bridgehead atoms. The van der Waals surface area contributed by atoms with Crippen LogP contribution in [0.1, 0.15) is 18.2 Å². The van der Waals surface area contributed by atoms with Gasteiger partial charge in [0.15, 0.2) is 5.13 Å². The van der Waals surface area contributed by atoms with Crippen LogP contribution in [0.2, 0.25) is 0 Å². The second kappa shape index (κ2) is 10.4. The van der Waals surface area contributed by atoms with E-state index in [1.54, 1.807) is 23.6 Å². The lowest BCUT2D eigenvalue weighted by atomic mass is 10.2. The van der Waals surface area contributed by atoms with Gasteiger partial charge in [-0.25, -0.2) is 9.78 Å². The Morgan fingerprint density at radius 3 is 2.38 bits per heavy atom.